The van der Waals surface area contributed by atoms with Crippen molar-refractivity contribution >= 4 is 16.8 Å². The van der Waals surface area contributed by atoms with Gasteiger partial charge in [-0.05, 0) is 48.2 Å². The summed E-state index contributed by atoms with van der Waals surface area (Å²) in [5.41, 5.74) is 3.71. The molecule has 3 aromatic rings. The second-order valence-corrected chi connectivity index (χ2v) is 5.60. The topological polar surface area (TPSA) is 63.3 Å². The molecule has 5 heteroatoms. The zero-order valence-electron chi connectivity index (χ0n) is 14.0. The summed E-state index contributed by atoms with van der Waals surface area (Å²) < 4.78 is 10.5. The Labute approximate surface area is 140 Å². The van der Waals surface area contributed by atoms with E-state index in [4.69, 9.17) is 9.47 Å². The minimum atomic E-state index is -0.198. The second-order valence-electron chi connectivity index (χ2n) is 5.60. The molecule has 1 heterocycles. The molecule has 1 aromatic heterocycles. The Hall–Kier alpha value is -2.95. The first-order chi connectivity index (χ1) is 11.6. The van der Waals surface area contributed by atoms with Gasteiger partial charge in [-0.1, -0.05) is 12.1 Å². The molecule has 2 N–H and O–H groups in total. The van der Waals surface area contributed by atoms with Gasteiger partial charge >= 0.3 is 0 Å². The van der Waals surface area contributed by atoms with Gasteiger partial charge in [-0.3, -0.25) is 4.79 Å². The highest BCUT2D eigenvalue weighted by atomic mass is 16.5. The normalized spacial score (nSPS) is 10.6. The largest absolute Gasteiger partial charge is 0.493 e. The molecule has 1 amide bonds. The first kappa shape index (κ1) is 15.9. The average Bonchev–Trinajstić information content (AvgIpc) is 2.97. The Morgan fingerprint density at radius 2 is 1.96 bits per heavy atom. The fourth-order valence-corrected chi connectivity index (χ4v) is 2.78. The van der Waals surface area contributed by atoms with Crippen LogP contribution in [0.5, 0.6) is 11.5 Å². The molecule has 0 aliphatic rings. The molecule has 0 radical (unpaired) electrons. The van der Waals surface area contributed by atoms with Crippen molar-refractivity contribution in [3.05, 3.63) is 59.3 Å². The van der Waals surface area contributed by atoms with E-state index < -0.39 is 0 Å². The van der Waals surface area contributed by atoms with Crippen LogP contribution in [0.4, 0.5) is 0 Å². The van der Waals surface area contributed by atoms with Crippen LogP contribution in [0.3, 0.4) is 0 Å². The number of carbonyl (C=O) groups excluding carboxylic acids is 1. The summed E-state index contributed by atoms with van der Waals surface area (Å²) in [5, 5.41) is 4.07. The van der Waals surface area contributed by atoms with Crippen molar-refractivity contribution in [2.24, 2.45) is 0 Å². The zero-order valence-corrected chi connectivity index (χ0v) is 14.0. The number of carbonyl (C=O) groups is 1. The van der Waals surface area contributed by atoms with E-state index in [1.165, 1.54) is 7.11 Å². The smallest absolute Gasteiger partial charge is 0.255 e. The van der Waals surface area contributed by atoms with E-state index in [0.29, 0.717) is 23.6 Å². The molecule has 5 nitrogen and oxygen atoms in total. The van der Waals surface area contributed by atoms with E-state index in [1.807, 2.05) is 19.1 Å². The number of methoxy groups -OCH3 is 2. The van der Waals surface area contributed by atoms with Gasteiger partial charge in [0.1, 0.15) is 0 Å². The highest BCUT2D eigenvalue weighted by molar-refractivity contribution is 5.97. The lowest BCUT2D eigenvalue weighted by Crippen LogP contribution is -2.23. The predicted molar refractivity (Wildman–Crippen MR) is 93.8 cm³/mol. The molecule has 0 saturated heterocycles. The lowest BCUT2D eigenvalue weighted by atomic mass is 10.1. The molecule has 3 rings (SSSR count). The van der Waals surface area contributed by atoms with Gasteiger partial charge in [-0.15, -0.1) is 0 Å². The number of hydrogen-bond donors (Lipinski definition) is 2. The van der Waals surface area contributed by atoms with Gasteiger partial charge in [0.25, 0.3) is 5.91 Å². The number of fused-ring (bicyclic) bond motifs is 1. The minimum Gasteiger partial charge on any atom is -0.493 e. The molecule has 0 atom stereocenters. The maximum atomic E-state index is 12.5. The van der Waals surface area contributed by atoms with Crippen molar-refractivity contribution < 1.29 is 14.3 Å². The highest BCUT2D eigenvalue weighted by Crippen LogP contribution is 2.30. The van der Waals surface area contributed by atoms with Crippen molar-refractivity contribution in [3.63, 3.8) is 0 Å². The number of ether oxygens (including phenoxy) is 2. The van der Waals surface area contributed by atoms with Crippen LogP contribution in [0, 0.1) is 6.92 Å². The second kappa shape index (κ2) is 6.66. The lowest BCUT2D eigenvalue weighted by molar-refractivity contribution is 0.0947. The minimum absolute atomic E-state index is 0.198. The Morgan fingerprint density at radius 3 is 2.71 bits per heavy atom. The number of nitrogens with one attached hydrogen (secondary N) is 2. The standard InChI is InChI=1S/C19H20N2O3/c1-12-9-14-10-13(7-8-16(14)21-12)11-20-19(22)15-5-4-6-17(23-2)18(15)24-3/h4-10,21H,11H2,1-3H3,(H,20,22). The number of aromatic amines is 1. The molecule has 0 aliphatic carbocycles. The number of rotatable bonds is 5. The molecule has 0 bridgehead atoms. The zero-order chi connectivity index (χ0) is 17.1. The van der Waals surface area contributed by atoms with Crippen molar-refractivity contribution in [2.45, 2.75) is 13.5 Å². The Balaban J connectivity index is 1.77. The Kier molecular flexibility index (Phi) is 4.42. The summed E-state index contributed by atoms with van der Waals surface area (Å²) in [6.45, 7) is 2.47. The molecule has 24 heavy (non-hydrogen) atoms. The Bertz CT molecular complexity index is 883. The third-order valence-corrected chi connectivity index (χ3v) is 3.92. The number of H-pyrrole nitrogens is 1. The van der Waals surface area contributed by atoms with Gasteiger partial charge in [-0.25, -0.2) is 0 Å². The van der Waals surface area contributed by atoms with Crippen LogP contribution in [0.1, 0.15) is 21.6 Å². The number of amides is 1. The SMILES string of the molecule is COc1cccc(C(=O)NCc2ccc3[nH]c(C)cc3c2)c1OC. The molecule has 0 fully saturated rings. The van der Waals surface area contributed by atoms with E-state index in [1.54, 1.807) is 25.3 Å². The van der Waals surface area contributed by atoms with Crippen LogP contribution in [-0.4, -0.2) is 25.1 Å². The summed E-state index contributed by atoms with van der Waals surface area (Å²) in [6, 6.07) is 13.4. The third-order valence-electron chi connectivity index (χ3n) is 3.92. The maximum absolute atomic E-state index is 12.5. The number of hydrogen-bond acceptors (Lipinski definition) is 3. The summed E-state index contributed by atoms with van der Waals surface area (Å²) in [5.74, 6) is 0.777. The van der Waals surface area contributed by atoms with Gasteiger partial charge < -0.3 is 19.8 Å². The first-order valence-electron chi connectivity index (χ1n) is 7.70. The molecule has 0 unspecified atom stereocenters. The molecule has 0 saturated carbocycles. The van der Waals surface area contributed by atoms with E-state index in [9.17, 15) is 4.79 Å². The number of aromatic nitrogens is 1. The predicted octanol–water partition coefficient (Wildman–Crippen LogP) is 3.42. The summed E-state index contributed by atoms with van der Waals surface area (Å²) >= 11 is 0. The molecular weight excluding hydrogens is 304 g/mol. The molecule has 0 spiro atoms. The summed E-state index contributed by atoms with van der Waals surface area (Å²) in [7, 11) is 3.07. The molecule has 124 valence electrons. The van der Waals surface area contributed by atoms with Crippen molar-refractivity contribution in [2.75, 3.05) is 14.2 Å². The van der Waals surface area contributed by atoms with Gasteiger partial charge in [0, 0.05) is 17.8 Å². The van der Waals surface area contributed by atoms with E-state index in [-0.39, 0.29) is 5.91 Å². The fourth-order valence-electron chi connectivity index (χ4n) is 2.78. The molecule has 2 aromatic carbocycles. The Morgan fingerprint density at radius 1 is 1.12 bits per heavy atom. The third kappa shape index (κ3) is 3.06. The van der Waals surface area contributed by atoms with Crippen molar-refractivity contribution in [1.29, 1.82) is 0 Å². The molecular formula is C19H20N2O3. The van der Waals surface area contributed by atoms with Crippen LogP contribution in [0.15, 0.2) is 42.5 Å². The number of benzene rings is 2. The fraction of sp³-hybridized carbons (Fsp3) is 0.211. The van der Waals surface area contributed by atoms with E-state index in [0.717, 1.165) is 22.2 Å². The van der Waals surface area contributed by atoms with E-state index in [2.05, 4.69) is 22.4 Å². The summed E-state index contributed by atoms with van der Waals surface area (Å²) in [6.07, 6.45) is 0. The number of para-hydroxylation sites is 1. The molecule has 0 aliphatic heterocycles. The van der Waals surface area contributed by atoms with Crippen molar-refractivity contribution in [1.82, 2.24) is 10.3 Å². The monoisotopic (exact) mass is 324 g/mol. The van der Waals surface area contributed by atoms with Gasteiger partial charge in [0.05, 0.1) is 19.8 Å². The van der Waals surface area contributed by atoms with E-state index >= 15 is 0 Å². The average molecular weight is 324 g/mol. The van der Waals surface area contributed by atoms with Crippen LogP contribution < -0.4 is 14.8 Å². The van der Waals surface area contributed by atoms with Crippen molar-refractivity contribution in [3.8, 4) is 11.5 Å². The quantitative estimate of drug-likeness (QED) is 0.756. The number of aryl methyl sites for hydroxylation is 1. The van der Waals surface area contributed by atoms with Crippen LogP contribution in [0.25, 0.3) is 10.9 Å². The van der Waals surface area contributed by atoms with Gasteiger partial charge in [-0.2, -0.15) is 0 Å². The first-order valence-corrected chi connectivity index (χ1v) is 7.70. The summed E-state index contributed by atoms with van der Waals surface area (Å²) in [4.78, 5) is 15.8. The van der Waals surface area contributed by atoms with Crippen LogP contribution >= 0.6 is 0 Å². The van der Waals surface area contributed by atoms with Gasteiger partial charge in [0.15, 0.2) is 11.5 Å². The van der Waals surface area contributed by atoms with Crippen LogP contribution in [0.2, 0.25) is 0 Å². The lowest BCUT2D eigenvalue weighted by Gasteiger charge is -2.12. The maximum Gasteiger partial charge on any atom is 0.255 e. The van der Waals surface area contributed by atoms with Gasteiger partial charge in [0.2, 0.25) is 0 Å². The van der Waals surface area contributed by atoms with Crippen LogP contribution in [-0.2, 0) is 6.54 Å². The highest BCUT2D eigenvalue weighted by Gasteiger charge is 2.16.